The highest BCUT2D eigenvalue weighted by atomic mass is 19.1. The highest BCUT2D eigenvalue weighted by molar-refractivity contribution is 5.89. The standard InChI is InChI=1S/C23H20F2N6O2.C22H18F2N6O2/c1-23(2)7-6-18-29-20-14(24)8-13(9-16(20)31(18)23)19-15(25)11-27-22(30-19)28-17-5-4-12(10-26-17)21(32)33-3;1-22(2)6-5-17-28-19-13(23)7-12(8-15(19)30(17)22)18-14(24)10-26-21(29-18)27-16-4-3-11(9-25-16)20(31)32/h4-5,8-11H,6-7H2,1-3H3,(H,26,27,28,30);3-4,7-10H,5-6H2,1-2H3,(H,31,32)(H,25,26,27,29). The number of carbonyl (C=O) groups excluding carboxylic acids is 1. The number of fused-ring (bicyclic) bond motifs is 6. The smallest absolute Gasteiger partial charge is 0.339 e. The van der Waals surface area contributed by atoms with Crippen LogP contribution in [0.15, 0.2) is 73.3 Å². The second kappa shape index (κ2) is 16.0. The summed E-state index contributed by atoms with van der Waals surface area (Å²) in [6, 6.07) is 11.7. The highest BCUT2D eigenvalue weighted by Gasteiger charge is 2.34. The minimum absolute atomic E-state index is 0.0244. The zero-order valence-electron chi connectivity index (χ0n) is 35.4. The summed E-state index contributed by atoms with van der Waals surface area (Å²) in [7, 11) is 1.28. The highest BCUT2D eigenvalue weighted by Crippen LogP contribution is 2.39. The molecule has 0 spiro atoms. The first kappa shape index (κ1) is 42.4. The minimum Gasteiger partial charge on any atom is -0.478 e. The summed E-state index contributed by atoms with van der Waals surface area (Å²) < 4.78 is 67.8. The normalized spacial score (nSPS) is 14.4. The number of esters is 1. The van der Waals surface area contributed by atoms with E-state index in [1.165, 1.54) is 49.8 Å². The van der Waals surface area contributed by atoms with Gasteiger partial charge in [0, 0.05) is 47.4 Å². The monoisotopic (exact) mass is 886 g/mol. The number of pyridine rings is 2. The largest absolute Gasteiger partial charge is 0.478 e. The summed E-state index contributed by atoms with van der Waals surface area (Å²) in [5.41, 5.74) is 2.01. The number of carbonyl (C=O) groups is 2. The third-order valence-corrected chi connectivity index (χ3v) is 11.4. The van der Waals surface area contributed by atoms with Crippen LogP contribution in [0.2, 0.25) is 0 Å². The van der Waals surface area contributed by atoms with Crippen molar-refractivity contribution in [2.24, 2.45) is 0 Å². The van der Waals surface area contributed by atoms with Gasteiger partial charge in [0.1, 0.15) is 45.7 Å². The van der Waals surface area contributed by atoms with Gasteiger partial charge in [-0.3, -0.25) is 0 Å². The van der Waals surface area contributed by atoms with Gasteiger partial charge in [-0.15, -0.1) is 0 Å². The molecule has 0 aliphatic carbocycles. The molecule has 10 rings (SSSR count). The number of aryl methyl sites for hydroxylation is 2. The number of anilines is 4. The maximum Gasteiger partial charge on any atom is 0.339 e. The Morgan fingerprint density at radius 3 is 1.46 bits per heavy atom. The van der Waals surface area contributed by atoms with Crippen molar-refractivity contribution in [3.8, 4) is 22.5 Å². The van der Waals surface area contributed by atoms with Gasteiger partial charge in [-0.2, -0.15) is 0 Å². The molecule has 0 amide bonds. The number of ether oxygens (including phenoxy) is 1. The Bertz CT molecular complexity index is 3210. The Morgan fingerprint density at radius 2 is 1.06 bits per heavy atom. The Hall–Kier alpha value is -7.90. The zero-order chi connectivity index (χ0) is 45.9. The number of aromatic carboxylic acids is 1. The fourth-order valence-corrected chi connectivity index (χ4v) is 8.18. The second-order valence-corrected chi connectivity index (χ2v) is 16.7. The number of hydrogen-bond acceptors (Lipinski definition) is 13. The minimum atomic E-state index is -1.10. The molecule has 330 valence electrons. The van der Waals surface area contributed by atoms with Crippen LogP contribution in [-0.2, 0) is 28.7 Å². The average Bonchev–Trinajstić information content (AvgIpc) is 4.02. The summed E-state index contributed by atoms with van der Waals surface area (Å²) in [5.74, 6) is -1.72. The molecule has 6 aromatic heterocycles. The number of carboxylic acid groups (broad SMARTS) is 1. The molecule has 0 saturated heterocycles. The third kappa shape index (κ3) is 7.91. The molecule has 0 bridgehead atoms. The Balaban J connectivity index is 0.000000164. The predicted octanol–water partition coefficient (Wildman–Crippen LogP) is 8.67. The van der Waals surface area contributed by atoms with E-state index in [4.69, 9.17) is 5.11 Å². The zero-order valence-corrected chi connectivity index (χ0v) is 35.4. The van der Waals surface area contributed by atoms with Crippen LogP contribution >= 0.6 is 0 Å². The number of rotatable bonds is 8. The van der Waals surface area contributed by atoms with Gasteiger partial charge in [0.2, 0.25) is 11.9 Å². The number of nitrogens with zero attached hydrogens (tertiary/aromatic N) is 10. The summed E-state index contributed by atoms with van der Waals surface area (Å²) in [4.78, 5) is 55.8. The van der Waals surface area contributed by atoms with Crippen molar-refractivity contribution in [2.75, 3.05) is 17.7 Å². The number of halogens is 4. The lowest BCUT2D eigenvalue weighted by Gasteiger charge is -2.22. The van der Waals surface area contributed by atoms with Gasteiger partial charge >= 0.3 is 11.9 Å². The molecule has 0 unspecified atom stereocenters. The van der Waals surface area contributed by atoms with Crippen LogP contribution in [0.1, 0.15) is 72.9 Å². The van der Waals surface area contributed by atoms with Gasteiger partial charge < -0.3 is 29.6 Å². The Morgan fingerprint density at radius 1 is 0.615 bits per heavy atom. The van der Waals surface area contributed by atoms with Crippen molar-refractivity contribution in [3.05, 3.63) is 119 Å². The van der Waals surface area contributed by atoms with Gasteiger partial charge in [-0.1, -0.05) is 0 Å². The molecule has 65 heavy (non-hydrogen) atoms. The maximum absolute atomic E-state index is 14.9. The molecule has 3 N–H and O–H groups in total. The van der Waals surface area contributed by atoms with Gasteiger partial charge in [0.15, 0.2) is 23.3 Å². The van der Waals surface area contributed by atoms with Crippen molar-refractivity contribution in [2.45, 2.75) is 64.5 Å². The van der Waals surface area contributed by atoms with E-state index in [-0.39, 0.29) is 73.5 Å². The fourth-order valence-electron chi connectivity index (χ4n) is 8.18. The van der Waals surface area contributed by atoms with Crippen molar-refractivity contribution >= 4 is 57.5 Å². The van der Waals surface area contributed by atoms with Crippen molar-refractivity contribution in [3.63, 3.8) is 0 Å². The van der Waals surface area contributed by atoms with Crippen LogP contribution in [-0.4, -0.2) is 73.2 Å². The molecule has 2 aliphatic rings. The van der Waals surface area contributed by atoms with Crippen LogP contribution in [0.5, 0.6) is 0 Å². The SMILES string of the molecule is CC1(C)CCc2nc3c(F)cc(-c4nc(Nc5ccc(C(=O)O)cn5)ncc4F)cc3n21.COC(=O)c1ccc(Nc2ncc(F)c(-c3cc(F)c4nc5n(c4c3)C(C)(C)CC5)n2)nc1. The molecular weight excluding hydrogens is 849 g/mol. The lowest BCUT2D eigenvalue weighted by atomic mass is 10.0. The number of imidazole rings is 2. The van der Waals surface area contributed by atoms with E-state index < -0.39 is 35.2 Å². The molecule has 8 aromatic rings. The maximum atomic E-state index is 14.9. The van der Waals surface area contributed by atoms with E-state index >= 15 is 0 Å². The van der Waals surface area contributed by atoms with Crippen LogP contribution in [0, 0.1) is 23.3 Å². The fraction of sp³-hybridized carbons (Fsp3) is 0.244. The van der Waals surface area contributed by atoms with Crippen LogP contribution < -0.4 is 10.6 Å². The van der Waals surface area contributed by atoms with Crippen LogP contribution in [0.25, 0.3) is 44.6 Å². The van der Waals surface area contributed by atoms with Gasteiger partial charge in [-0.25, -0.2) is 67.0 Å². The first-order valence-electron chi connectivity index (χ1n) is 20.3. The van der Waals surface area contributed by atoms with Gasteiger partial charge in [0.05, 0.1) is 41.7 Å². The first-order valence-corrected chi connectivity index (χ1v) is 20.3. The quantitative estimate of drug-likeness (QED) is 0.0967. The molecule has 16 nitrogen and oxygen atoms in total. The predicted molar refractivity (Wildman–Crippen MR) is 230 cm³/mol. The number of benzene rings is 2. The van der Waals surface area contributed by atoms with E-state index in [1.807, 2.05) is 9.13 Å². The molecular formula is C45H38F4N12O4. The first-order chi connectivity index (χ1) is 31.0. The number of methoxy groups -OCH3 is 1. The second-order valence-electron chi connectivity index (χ2n) is 16.7. The lowest BCUT2D eigenvalue weighted by Crippen LogP contribution is -2.21. The topological polar surface area (TPSA) is 201 Å². The van der Waals surface area contributed by atoms with Crippen LogP contribution in [0.3, 0.4) is 0 Å². The Labute approximate surface area is 366 Å². The molecule has 0 radical (unpaired) electrons. The summed E-state index contributed by atoms with van der Waals surface area (Å²) in [6.07, 6.45) is 7.82. The summed E-state index contributed by atoms with van der Waals surface area (Å²) in [6.45, 7) is 8.26. The molecule has 0 saturated carbocycles. The molecule has 2 aliphatic heterocycles. The number of hydrogen-bond donors (Lipinski definition) is 3. The Kier molecular flexibility index (Phi) is 10.5. The summed E-state index contributed by atoms with van der Waals surface area (Å²) in [5, 5.41) is 14.6. The molecule has 0 atom stereocenters. The van der Waals surface area contributed by atoms with E-state index in [0.29, 0.717) is 16.9 Å². The molecule has 20 heteroatoms. The van der Waals surface area contributed by atoms with E-state index in [9.17, 15) is 27.2 Å². The van der Waals surface area contributed by atoms with E-state index in [0.717, 1.165) is 49.7 Å². The van der Waals surface area contributed by atoms with Crippen LogP contribution in [0.4, 0.5) is 41.1 Å². The molecule has 8 heterocycles. The van der Waals surface area contributed by atoms with Crippen molar-refractivity contribution < 1.29 is 37.0 Å². The third-order valence-electron chi connectivity index (χ3n) is 11.4. The number of aromatic nitrogens is 10. The number of carboxylic acids is 1. The average molecular weight is 887 g/mol. The lowest BCUT2D eigenvalue weighted by molar-refractivity contribution is 0.0599. The van der Waals surface area contributed by atoms with E-state index in [1.54, 1.807) is 18.2 Å². The van der Waals surface area contributed by atoms with Crippen molar-refractivity contribution in [1.29, 1.82) is 0 Å². The van der Waals surface area contributed by atoms with Crippen molar-refractivity contribution in [1.82, 2.24) is 49.0 Å². The van der Waals surface area contributed by atoms with E-state index in [2.05, 4.69) is 82.9 Å². The molecule has 2 aromatic carbocycles. The number of nitrogens with one attached hydrogen (secondary N) is 2. The molecule has 0 fully saturated rings. The van der Waals surface area contributed by atoms with Gasteiger partial charge in [0.25, 0.3) is 0 Å². The summed E-state index contributed by atoms with van der Waals surface area (Å²) >= 11 is 0. The van der Waals surface area contributed by atoms with Gasteiger partial charge in [-0.05, 0) is 89.1 Å².